The molecular formula is C17H23N3O. The first kappa shape index (κ1) is 14.0. The number of rotatable bonds is 1. The summed E-state index contributed by atoms with van der Waals surface area (Å²) in [6.07, 6.45) is 1.77. The van der Waals surface area contributed by atoms with Crippen molar-refractivity contribution in [3.05, 3.63) is 35.0 Å². The smallest absolute Gasteiger partial charge is 0.315 e. The van der Waals surface area contributed by atoms with E-state index in [4.69, 9.17) is 0 Å². The fraction of sp³-hybridized carbons (Fsp3) is 0.471. The molecule has 1 heterocycles. The predicted octanol–water partition coefficient (Wildman–Crippen LogP) is 3.04. The van der Waals surface area contributed by atoms with Crippen LogP contribution in [0.5, 0.6) is 0 Å². The van der Waals surface area contributed by atoms with Crippen molar-refractivity contribution in [1.82, 2.24) is 15.6 Å². The monoisotopic (exact) mass is 285 g/mol. The van der Waals surface area contributed by atoms with Crippen LogP contribution in [0.2, 0.25) is 0 Å². The van der Waals surface area contributed by atoms with E-state index in [0.29, 0.717) is 0 Å². The Kier molecular flexibility index (Phi) is 3.19. The summed E-state index contributed by atoms with van der Waals surface area (Å²) in [6, 6.07) is 6.58. The van der Waals surface area contributed by atoms with E-state index < -0.39 is 0 Å². The Balaban J connectivity index is 1.73. The van der Waals surface area contributed by atoms with Gasteiger partial charge in [0.25, 0.3) is 0 Å². The van der Waals surface area contributed by atoms with E-state index in [-0.39, 0.29) is 17.6 Å². The molecule has 0 fully saturated rings. The quantitative estimate of drug-likeness (QED) is 0.741. The van der Waals surface area contributed by atoms with E-state index in [2.05, 4.69) is 40.7 Å². The molecule has 1 aliphatic carbocycles. The fourth-order valence-electron chi connectivity index (χ4n) is 3.05. The van der Waals surface area contributed by atoms with Gasteiger partial charge in [0.1, 0.15) is 0 Å². The number of H-pyrrole nitrogens is 1. The molecule has 0 saturated carbocycles. The van der Waals surface area contributed by atoms with Crippen LogP contribution >= 0.6 is 0 Å². The molecule has 1 aromatic carbocycles. The van der Waals surface area contributed by atoms with Gasteiger partial charge in [-0.1, -0.05) is 11.6 Å². The van der Waals surface area contributed by atoms with Crippen LogP contribution in [0, 0.1) is 6.92 Å². The third-order valence-corrected chi connectivity index (χ3v) is 3.87. The van der Waals surface area contributed by atoms with E-state index in [1.165, 1.54) is 27.7 Å². The number of aromatic nitrogens is 1. The van der Waals surface area contributed by atoms with Crippen molar-refractivity contribution >= 4 is 16.9 Å². The Hall–Kier alpha value is -1.97. The van der Waals surface area contributed by atoms with Gasteiger partial charge in [0.15, 0.2) is 0 Å². The number of urea groups is 1. The van der Waals surface area contributed by atoms with Gasteiger partial charge >= 0.3 is 6.03 Å². The second-order valence-corrected chi connectivity index (χ2v) is 7.08. The lowest BCUT2D eigenvalue weighted by Crippen LogP contribution is -2.49. The molecule has 2 amide bonds. The van der Waals surface area contributed by atoms with Crippen molar-refractivity contribution in [2.75, 3.05) is 0 Å². The topological polar surface area (TPSA) is 56.9 Å². The Labute approximate surface area is 125 Å². The SMILES string of the molecule is Cc1ccc2[nH]c3c(c2c1)CC(NC(=O)NC(C)(C)C)C3. The maximum absolute atomic E-state index is 12.0. The van der Waals surface area contributed by atoms with E-state index in [1.54, 1.807) is 0 Å². The number of carbonyl (C=O) groups excluding carboxylic acids is 1. The van der Waals surface area contributed by atoms with E-state index >= 15 is 0 Å². The van der Waals surface area contributed by atoms with Crippen LogP contribution in [-0.2, 0) is 12.8 Å². The highest BCUT2D eigenvalue weighted by atomic mass is 16.2. The van der Waals surface area contributed by atoms with Gasteiger partial charge in [-0.2, -0.15) is 0 Å². The number of fused-ring (bicyclic) bond motifs is 3. The van der Waals surface area contributed by atoms with Gasteiger partial charge in [0, 0.05) is 34.6 Å². The lowest BCUT2D eigenvalue weighted by molar-refractivity contribution is 0.228. The highest BCUT2D eigenvalue weighted by Crippen LogP contribution is 2.30. The van der Waals surface area contributed by atoms with Crippen molar-refractivity contribution < 1.29 is 4.79 Å². The summed E-state index contributed by atoms with van der Waals surface area (Å²) in [7, 11) is 0. The van der Waals surface area contributed by atoms with Gasteiger partial charge in [-0.05, 0) is 51.8 Å². The molecule has 1 aliphatic rings. The molecule has 0 radical (unpaired) electrons. The van der Waals surface area contributed by atoms with Crippen molar-refractivity contribution in [1.29, 1.82) is 0 Å². The molecule has 1 unspecified atom stereocenters. The zero-order valence-corrected chi connectivity index (χ0v) is 13.1. The predicted molar refractivity (Wildman–Crippen MR) is 85.7 cm³/mol. The molecule has 21 heavy (non-hydrogen) atoms. The molecule has 3 N–H and O–H groups in total. The molecular weight excluding hydrogens is 262 g/mol. The maximum Gasteiger partial charge on any atom is 0.315 e. The summed E-state index contributed by atoms with van der Waals surface area (Å²) in [6.45, 7) is 8.07. The van der Waals surface area contributed by atoms with Gasteiger partial charge in [-0.3, -0.25) is 0 Å². The molecule has 0 spiro atoms. The highest BCUT2D eigenvalue weighted by molar-refractivity contribution is 5.86. The summed E-state index contributed by atoms with van der Waals surface area (Å²) in [5.41, 5.74) is 4.88. The molecule has 0 aliphatic heterocycles. The standard InChI is InChI=1S/C17H23N3O/c1-10-5-6-14-12(7-10)13-8-11(9-15(13)19-14)18-16(21)20-17(2,3)4/h5-7,11,19H,8-9H2,1-4H3,(H2,18,20,21). The number of hydrogen-bond acceptors (Lipinski definition) is 1. The zero-order chi connectivity index (χ0) is 15.2. The molecule has 4 heteroatoms. The summed E-state index contributed by atoms with van der Waals surface area (Å²) < 4.78 is 0. The molecule has 112 valence electrons. The second-order valence-electron chi connectivity index (χ2n) is 7.08. The molecule has 0 bridgehead atoms. The summed E-state index contributed by atoms with van der Waals surface area (Å²) >= 11 is 0. The molecule has 2 aromatic rings. The minimum Gasteiger partial charge on any atom is -0.358 e. The molecule has 0 saturated heterocycles. The van der Waals surface area contributed by atoms with Crippen LogP contribution in [-0.4, -0.2) is 22.6 Å². The lowest BCUT2D eigenvalue weighted by atomic mass is 10.1. The van der Waals surface area contributed by atoms with Gasteiger partial charge in [-0.25, -0.2) is 4.79 Å². The van der Waals surface area contributed by atoms with Gasteiger partial charge in [-0.15, -0.1) is 0 Å². The summed E-state index contributed by atoms with van der Waals surface area (Å²) in [5, 5.41) is 7.33. The number of aryl methyl sites for hydroxylation is 1. The van der Waals surface area contributed by atoms with Crippen molar-refractivity contribution in [3.63, 3.8) is 0 Å². The minimum absolute atomic E-state index is 0.0851. The van der Waals surface area contributed by atoms with Gasteiger partial charge in [0.2, 0.25) is 0 Å². The highest BCUT2D eigenvalue weighted by Gasteiger charge is 2.27. The Morgan fingerprint density at radius 1 is 1.29 bits per heavy atom. The average Bonchev–Trinajstić information content (AvgIpc) is 2.84. The lowest BCUT2D eigenvalue weighted by Gasteiger charge is -2.22. The van der Waals surface area contributed by atoms with Crippen molar-refractivity contribution in [2.24, 2.45) is 0 Å². The van der Waals surface area contributed by atoms with Crippen LogP contribution in [0.15, 0.2) is 18.2 Å². The average molecular weight is 285 g/mol. The van der Waals surface area contributed by atoms with Crippen LogP contribution in [0.25, 0.3) is 10.9 Å². The number of carbonyl (C=O) groups is 1. The summed E-state index contributed by atoms with van der Waals surface area (Å²) in [4.78, 5) is 15.5. The number of hydrogen-bond donors (Lipinski definition) is 3. The largest absolute Gasteiger partial charge is 0.358 e. The fourth-order valence-corrected chi connectivity index (χ4v) is 3.05. The van der Waals surface area contributed by atoms with Gasteiger partial charge < -0.3 is 15.6 Å². The van der Waals surface area contributed by atoms with Gasteiger partial charge in [0.05, 0.1) is 0 Å². The first-order valence-electron chi connectivity index (χ1n) is 7.50. The third-order valence-electron chi connectivity index (χ3n) is 3.87. The molecule has 1 aromatic heterocycles. The van der Waals surface area contributed by atoms with Crippen molar-refractivity contribution in [2.45, 2.75) is 52.1 Å². The van der Waals surface area contributed by atoms with E-state index in [1.807, 2.05) is 20.8 Å². The number of nitrogens with one attached hydrogen (secondary N) is 3. The Bertz CT molecular complexity index is 694. The maximum atomic E-state index is 12.0. The first-order chi connectivity index (χ1) is 9.82. The minimum atomic E-state index is -0.208. The number of aromatic amines is 1. The van der Waals surface area contributed by atoms with Crippen LogP contribution < -0.4 is 10.6 Å². The van der Waals surface area contributed by atoms with Crippen LogP contribution in [0.4, 0.5) is 4.79 Å². The number of amides is 2. The second kappa shape index (κ2) is 4.79. The zero-order valence-electron chi connectivity index (χ0n) is 13.1. The Morgan fingerprint density at radius 3 is 2.76 bits per heavy atom. The third kappa shape index (κ3) is 2.89. The van der Waals surface area contributed by atoms with E-state index in [0.717, 1.165) is 12.8 Å². The van der Waals surface area contributed by atoms with Crippen LogP contribution in [0.1, 0.15) is 37.6 Å². The normalized spacial score (nSPS) is 17.8. The van der Waals surface area contributed by atoms with Crippen molar-refractivity contribution in [3.8, 4) is 0 Å². The Morgan fingerprint density at radius 2 is 2.05 bits per heavy atom. The number of benzene rings is 1. The molecule has 1 atom stereocenters. The summed E-state index contributed by atoms with van der Waals surface area (Å²) in [5.74, 6) is 0. The molecule has 3 rings (SSSR count). The van der Waals surface area contributed by atoms with Crippen LogP contribution in [0.3, 0.4) is 0 Å². The van der Waals surface area contributed by atoms with E-state index in [9.17, 15) is 4.79 Å². The first-order valence-corrected chi connectivity index (χ1v) is 7.50. The molecule has 4 nitrogen and oxygen atoms in total.